The molecular formula is C14H16O4. The van der Waals surface area contributed by atoms with Crippen LogP contribution in [-0.2, 0) is 9.59 Å². The van der Waals surface area contributed by atoms with Crippen LogP contribution in [0.3, 0.4) is 0 Å². The van der Waals surface area contributed by atoms with Crippen LogP contribution in [-0.4, -0.2) is 25.8 Å². The molecule has 0 bridgehead atoms. The molecule has 0 N–H and O–H groups in total. The molecule has 1 aromatic rings. The first kappa shape index (κ1) is 12.6. The Hall–Kier alpha value is -1.84. The second-order valence-corrected chi connectivity index (χ2v) is 4.44. The maximum atomic E-state index is 11.6. The Morgan fingerprint density at radius 3 is 1.94 bits per heavy atom. The van der Waals surface area contributed by atoms with Gasteiger partial charge in [-0.05, 0) is 12.1 Å². The standard InChI is InChI=1S/C14H16O4/c1-17-12-4-3-5-13(18-2)14(12)9-6-10(15)8-11(16)7-9/h3-5,9H,6-8H2,1-2H3. The molecular weight excluding hydrogens is 232 g/mol. The van der Waals surface area contributed by atoms with E-state index in [1.54, 1.807) is 14.2 Å². The van der Waals surface area contributed by atoms with E-state index < -0.39 is 0 Å². The summed E-state index contributed by atoms with van der Waals surface area (Å²) in [5.74, 6) is 1.18. The Labute approximate surface area is 106 Å². The van der Waals surface area contributed by atoms with E-state index in [2.05, 4.69) is 0 Å². The molecule has 4 heteroatoms. The average molecular weight is 248 g/mol. The van der Waals surface area contributed by atoms with Gasteiger partial charge in [0.15, 0.2) is 0 Å². The minimum absolute atomic E-state index is 0.00999. The van der Waals surface area contributed by atoms with E-state index in [-0.39, 0.29) is 23.9 Å². The van der Waals surface area contributed by atoms with E-state index in [1.807, 2.05) is 18.2 Å². The van der Waals surface area contributed by atoms with Crippen LogP contribution in [0.5, 0.6) is 11.5 Å². The number of carbonyl (C=O) groups is 2. The molecule has 96 valence electrons. The first-order valence-electron chi connectivity index (χ1n) is 5.90. The Bertz CT molecular complexity index is 440. The van der Waals surface area contributed by atoms with Gasteiger partial charge in [0.2, 0.25) is 0 Å². The van der Waals surface area contributed by atoms with E-state index in [1.165, 1.54) is 0 Å². The van der Waals surface area contributed by atoms with Gasteiger partial charge in [-0.15, -0.1) is 0 Å². The SMILES string of the molecule is COc1cccc(OC)c1C1CC(=O)CC(=O)C1. The monoisotopic (exact) mass is 248 g/mol. The van der Waals surface area contributed by atoms with Crippen molar-refractivity contribution in [2.45, 2.75) is 25.2 Å². The molecule has 0 radical (unpaired) electrons. The number of ether oxygens (including phenoxy) is 2. The Kier molecular flexibility index (Phi) is 3.65. The van der Waals surface area contributed by atoms with E-state index in [0.717, 1.165) is 5.56 Å². The molecule has 4 nitrogen and oxygen atoms in total. The summed E-state index contributed by atoms with van der Waals surface area (Å²) in [6.07, 6.45) is 0.818. The molecule has 0 atom stereocenters. The normalized spacial score (nSPS) is 16.8. The lowest BCUT2D eigenvalue weighted by Crippen LogP contribution is -2.22. The van der Waals surface area contributed by atoms with Crippen LogP contribution in [0.4, 0.5) is 0 Å². The van der Waals surface area contributed by atoms with Crippen molar-refractivity contribution in [2.24, 2.45) is 0 Å². The Morgan fingerprint density at radius 1 is 1.00 bits per heavy atom. The third-order valence-electron chi connectivity index (χ3n) is 3.22. The maximum Gasteiger partial charge on any atom is 0.140 e. The van der Waals surface area contributed by atoms with Crippen molar-refractivity contribution >= 4 is 11.6 Å². The van der Waals surface area contributed by atoms with E-state index in [9.17, 15) is 9.59 Å². The van der Waals surface area contributed by atoms with Crippen molar-refractivity contribution in [3.05, 3.63) is 23.8 Å². The zero-order chi connectivity index (χ0) is 13.1. The number of methoxy groups -OCH3 is 2. The van der Waals surface area contributed by atoms with Gasteiger partial charge in [0.1, 0.15) is 23.1 Å². The van der Waals surface area contributed by atoms with Crippen molar-refractivity contribution in [1.82, 2.24) is 0 Å². The summed E-state index contributed by atoms with van der Waals surface area (Å²) in [7, 11) is 3.15. The van der Waals surface area contributed by atoms with E-state index in [4.69, 9.17) is 9.47 Å². The van der Waals surface area contributed by atoms with Gasteiger partial charge in [-0.2, -0.15) is 0 Å². The molecule has 0 amide bonds. The molecule has 0 aromatic heterocycles. The number of hydrogen-bond acceptors (Lipinski definition) is 4. The van der Waals surface area contributed by atoms with Gasteiger partial charge in [0, 0.05) is 24.3 Å². The first-order valence-corrected chi connectivity index (χ1v) is 5.90. The smallest absolute Gasteiger partial charge is 0.140 e. The highest BCUT2D eigenvalue weighted by Crippen LogP contribution is 2.40. The van der Waals surface area contributed by atoms with Crippen molar-refractivity contribution in [1.29, 1.82) is 0 Å². The molecule has 2 rings (SSSR count). The van der Waals surface area contributed by atoms with Crippen LogP contribution < -0.4 is 9.47 Å². The van der Waals surface area contributed by atoms with Crippen LogP contribution in [0.2, 0.25) is 0 Å². The molecule has 1 aliphatic carbocycles. The van der Waals surface area contributed by atoms with Crippen molar-refractivity contribution in [3.63, 3.8) is 0 Å². The lowest BCUT2D eigenvalue weighted by atomic mass is 9.82. The molecule has 0 saturated heterocycles. The van der Waals surface area contributed by atoms with Gasteiger partial charge < -0.3 is 9.47 Å². The van der Waals surface area contributed by atoms with Crippen molar-refractivity contribution in [2.75, 3.05) is 14.2 Å². The lowest BCUT2D eigenvalue weighted by molar-refractivity contribution is -0.130. The predicted octanol–water partition coefficient (Wildman–Crippen LogP) is 2.11. The number of carbonyl (C=O) groups excluding carboxylic acids is 2. The minimum Gasteiger partial charge on any atom is -0.496 e. The summed E-state index contributed by atoms with van der Waals surface area (Å²) in [6, 6.07) is 5.47. The van der Waals surface area contributed by atoms with Gasteiger partial charge in [-0.1, -0.05) is 6.07 Å². The Balaban J connectivity index is 2.42. The fourth-order valence-corrected chi connectivity index (χ4v) is 2.47. The molecule has 1 aliphatic rings. The highest BCUT2D eigenvalue weighted by molar-refractivity contribution is 6.02. The molecule has 0 heterocycles. The largest absolute Gasteiger partial charge is 0.496 e. The lowest BCUT2D eigenvalue weighted by Gasteiger charge is -2.24. The zero-order valence-corrected chi connectivity index (χ0v) is 10.6. The quantitative estimate of drug-likeness (QED) is 0.769. The molecule has 0 unspecified atom stereocenters. The van der Waals surface area contributed by atoms with E-state index >= 15 is 0 Å². The Morgan fingerprint density at radius 2 is 1.50 bits per heavy atom. The molecule has 0 aliphatic heterocycles. The van der Waals surface area contributed by atoms with Crippen molar-refractivity contribution in [3.8, 4) is 11.5 Å². The topological polar surface area (TPSA) is 52.6 Å². The van der Waals surface area contributed by atoms with Crippen LogP contribution >= 0.6 is 0 Å². The second-order valence-electron chi connectivity index (χ2n) is 4.44. The number of hydrogen-bond donors (Lipinski definition) is 0. The highest BCUT2D eigenvalue weighted by Gasteiger charge is 2.30. The minimum atomic E-state index is -0.134. The molecule has 1 aromatic carbocycles. The van der Waals surface area contributed by atoms with Crippen molar-refractivity contribution < 1.29 is 19.1 Å². The molecule has 0 spiro atoms. The van der Waals surface area contributed by atoms with Gasteiger partial charge in [-0.3, -0.25) is 9.59 Å². The van der Waals surface area contributed by atoms with Gasteiger partial charge in [0.05, 0.1) is 20.6 Å². The van der Waals surface area contributed by atoms with Gasteiger partial charge in [0.25, 0.3) is 0 Å². The fraction of sp³-hybridized carbons (Fsp3) is 0.429. The summed E-state index contributed by atoms with van der Waals surface area (Å²) >= 11 is 0. The number of Topliss-reactive ketones (excluding diaryl/α,β-unsaturated/α-hetero) is 2. The van der Waals surface area contributed by atoms with Crippen LogP contribution in [0, 0.1) is 0 Å². The number of rotatable bonds is 3. The summed E-state index contributed by atoms with van der Waals surface area (Å²) < 4.78 is 10.6. The fourth-order valence-electron chi connectivity index (χ4n) is 2.47. The maximum absolute atomic E-state index is 11.6. The summed E-state index contributed by atoms with van der Waals surface area (Å²) in [5.41, 5.74) is 0.823. The highest BCUT2D eigenvalue weighted by atomic mass is 16.5. The summed E-state index contributed by atoms with van der Waals surface area (Å²) in [4.78, 5) is 23.1. The van der Waals surface area contributed by atoms with Gasteiger partial charge in [-0.25, -0.2) is 0 Å². The van der Waals surface area contributed by atoms with Crippen LogP contribution in [0.15, 0.2) is 18.2 Å². The summed E-state index contributed by atoms with van der Waals surface area (Å²) in [5, 5.41) is 0. The van der Waals surface area contributed by atoms with Crippen LogP contribution in [0.25, 0.3) is 0 Å². The second kappa shape index (κ2) is 5.21. The third kappa shape index (κ3) is 2.37. The number of ketones is 2. The first-order chi connectivity index (χ1) is 8.65. The molecule has 18 heavy (non-hydrogen) atoms. The average Bonchev–Trinajstić information content (AvgIpc) is 2.36. The molecule has 1 saturated carbocycles. The third-order valence-corrected chi connectivity index (χ3v) is 3.22. The number of benzene rings is 1. The van der Waals surface area contributed by atoms with Gasteiger partial charge >= 0.3 is 0 Å². The molecule has 1 fully saturated rings. The predicted molar refractivity (Wildman–Crippen MR) is 66.2 cm³/mol. The zero-order valence-electron chi connectivity index (χ0n) is 10.6. The van der Waals surface area contributed by atoms with Crippen LogP contribution in [0.1, 0.15) is 30.7 Å². The van der Waals surface area contributed by atoms with E-state index in [0.29, 0.717) is 24.3 Å². The summed E-state index contributed by atoms with van der Waals surface area (Å²) in [6.45, 7) is 0.